The van der Waals surface area contributed by atoms with Crippen molar-refractivity contribution in [3.63, 3.8) is 0 Å². The molecule has 0 aromatic rings. The maximum absolute atomic E-state index is 11.7. The van der Waals surface area contributed by atoms with Crippen LogP contribution in [0.1, 0.15) is 39.5 Å². The molecule has 0 unspecified atom stereocenters. The molecular weight excluding hydrogens is 192 g/mol. The van der Waals surface area contributed by atoms with E-state index in [2.05, 4.69) is 5.32 Å². The number of hydrogen-bond acceptors (Lipinski definition) is 3. The summed E-state index contributed by atoms with van der Waals surface area (Å²) in [5.74, 6) is 0.170. The molecule has 0 saturated heterocycles. The van der Waals surface area contributed by atoms with E-state index in [4.69, 9.17) is 5.73 Å². The Kier molecular flexibility index (Phi) is 4.11. The zero-order valence-electron chi connectivity index (χ0n) is 9.62. The highest BCUT2D eigenvalue weighted by Gasteiger charge is 2.34. The summed E-state index contributed by atoms with van der Waals surface area (Å²) in [5, 5.41) is 12.8. The van der Waals surface area contributed by atoms with Crippen molar-refractivity contribution in [3.05, 3.63) is 0 Å². The highest BCUT2D eigenvalue weighted by Crippen LogP contribution is 2.31. The molecular formula is C11H22N2O2. The standard InChI is InChI=1S/C11H22N2O2/c1-8(2)13-10(14)9-3-5-11(15,7-12)6-4-9/h8-9,15H,3-7,12H2,1-2H3,(H,13,14). The summed E-state index contributed by atoms with van der Waals surface area (Å²) in [6, 6.07) is 0.188. The van der Waals surface area contributed by atoms with Gasteiger partial charge in [-0.1, -0.05) is 0 Å². The molecule has 0 atom stereocenters. The van der Waals surface area contributed by atoms with Crippen LogP contribution in [-0.4, -0.2) is 29.2 Å². The third-order valence-corrected chi connectivity index (χ3v) is 3.10. The van der Waals surface area contributed by atoms with Crippen molar-refractivity contribution in [3.8, 4) is 0 Å². The van der Waals surface area contributed by atoms with Crippen LogP contribution in [0.2, 0.25) is 0 Å². The molecule has 0 bridgehead atoms. The van der Waals surface area contributed by atoms with E-state index in [9.17, 15) is 9.90 Å². The zero-order valence-corrected chi connectivity index (χ0v) is 9.62. The van der Waals surface area contributed by atoms with Crippen LogP contribution in [0.4, 0.5) is 0 Å². The van der Waals surface area contributed by atoms with Gasteiger partial charge in [0.25, 0.3) is 0 Å². The van der Waals surface area contributed by atoms with Gasteiger partial charge in [0.15, 0.2) is 0 Å². The Balaban J connectivity index is 2.40. The molecule has 4 N–H and O–H groups in total. The molecule has 4 nitrogen and oxygen atoms in total. The predicted octanol–water partition coefficient (Wildman–Crippen LogP) is 0.391. The van der Waals surface area contributed by atoms with Crippen molar-refractivity contribution in [1.82, 2.24) is 5.32 Å². The Morgan fingerprint density at radius 1 is 1.53 bits per heavy atom. The van der Waals surface area contributed by atoms with Gasteiger partial charge in [0, 0.05) is 18.5 Å². The van der Waals surface area contributed by atoms with E-state index in [1.807, 2.05) is 13.8 Å². The van der Waals surface area contributed by atoms with Crippen LogP contribution >= 0.6 is 0 Å². The molecule has 1 amide bonds. The summed E-state index contributed by atoms with van der Waals surface area (Å²) in [5.41, 5.74) is 4.76. The summed E-state index contributed by atoms with van der Waals surface area (Å²) in [6.45, 7) is 4.21. The highest BCUT2D eigenvalue weighted by molar-refractivity contribution is 5.78. The molecule has 1 aliphatic carbocycles. The summed E-state index contributed by atoms with van der Waals surface area (Å²) in [4.78, 5) is 11.7. The molecule has 0 radical (unpaired) electrons. The number of amides is 1. The van der Waals surface area contributed by atoms with Gasteiger partial charge >= 0.3 is 0 Å². The van der Waals surface area contributed by atoms with Crippen molar-refractivity contribution in [2.24, 2.45) is 11.7 Å². The molecule has 15 heavy (non-hydrogen) atoms. The van der Waals surface area contributed by atoms with Crippen LogP contribution in [0.15, 0.2) is 0 Å². The monoisotopic (exact) mass is 214 g/mol. The molecule has 1 aliphatic rings. The lowest BCUT2D eigenvalue weighted by atomic mass is 9.78. The number of carbonyl (C=O) groups is 1. The molecule has 0 aromatic heterocycles. The Bertz CT molecular complexity index is 221. The summed E-state index contributed by atoms with van der Waals surface area (Å²) < 4.78 is 0. The number of hydrogen-bond donors (Lipinski definition) is 3. The fourth-order valence-electron chi connectivity index (χ4n) is 2.02. The van der Waals surface area contributed by atoms with Gasteiger partial charge < -0.3 is 16.2 Å². The maximum Gasteiger partial charge on any atom is 0.223 e. The van der Waals surface area contributed by atoms with Crippen molar-refractivity contribution < 1.29 is 9.90 Å². The second kappa shape index (κ2) is 4.94. The van der Waals surface area contributed by atoms with E-state index in [0.29, 0.717) is 19.4 Å². The number of carbonyl (C=O) groups excluding carboxylic acids is 1. The van der Waals surface area contributed by atoms with E-state index in [-0.39, 0.29) is 17.9 Å². The van der Waals surface area contributed by atoms with Gasteiger partial charge in [0.2, 0.25) is 5.91 Å². The first kappa shape index (κ1) is 12.5. The first-order valence-electron chi connectivity index (χ1n) is 5.70. The second-order valence-electron chi connectivity index (χ2n) is 4.87. The Morgan fingerprint density at radius 3 is 2.47 bits per heavy atom. The largest absolute Gasteiger partial charge is 0.389 e. The minimum atomic E-state index is -0.728. The van der Waals surface area contributed by atoms with Crippen LogP contribution in [-0.2, 0) is 4.79 Å². The fourth-order valence-corrected chi connectivity index (χ4v) is 2.02. The molecule has 0 aliphatic heterocycles. The molecule has 1 fully saturated rings. The Labute approximate surface area is 91.2 Å². The summed E-state index contributed by atoms with van der Waals surface area (Å²) >= 11 is 0. The molecule has 1 rings (SSSR count). The van der Waals surface area contributed by atoms with Crippen molar-refractivity contribution in [1.29, 1.82) is 0 Å². The number of rotatable bonds is 3. The van der Waals surface area contributed by atoms with E-state index in [1.54, 1.807) is 0 Å². The minimum Gasteiger partial charge on any atom is -0.389 e. The van der Waals surface area contributed by atoms with Gasteiger partial charge in [-0.2, -0.15) is 0 Å². The van der Waals surface area contributed by atoms with Crippen LogP contribution in [0, 0.1) is 5.92 Å². The first-order valence-corrected chi connectivity index (χ1v) is 5.70. The summed E-state index contributed by atoms with van der Waals surface area (Å²) in [7, 11) is 0. The van der Waals surface area contributed by atoms with Crippen LogP contribution < -0.4 is 11.1 Å². The third kappa shape index (κ3) is 3.47. The van der Waals surface area contributed by atoms with Gasteiger partial charge in [-0.15, -0.1) is 0 Å². The van der Waals surface area contributed by atoms with Gasteiger partial charge in [0.05, 0.1) is 5.60 Å². The predicted molar refractivity (Wildman–Crippen MR) is 59.2 cm³/mol. The van der Waals surface area contributed by atoms with Gasteiger partial charge in [0.1, 0.15) is 0 Å². The maximum atomic E-state index is 11.7. The molecule has 1 saturated carbocycles. The number of aliphatic hydroxyl groups is 1. The summed E-state index contributed by atoms with van der Waals surface area (Å²) in [6.07, 6.45) is 2.76. The molecule has 0 heterocycles. The number of nitrogens with two attached hydrogens (primary N) is 1. The lowest BCUT2D eigenvalue weighted by Crippen LogP contribution is -2.45. The second-order valence-corrected chi connectivity index (χ2v) is 4.87. The third-order valence-electron chi connectivity index (χ3n) is 3.10. The van der Waals surface area contributed by atoms with E-state index < -0.39 is 5.60 Å². The molecule has 0 aromatic carbocycles. The van der Waals surface area contributed by atoms with E-state index >= 15 is 0 Å². The lowest BCUT2D eigenvalue weighted by Gasteiger charge is -2.34. The normalized spacial score (nSPS) is 31.7. The average Bonchev–Trinajstić information content (AvgIpc) is 2.18. The quantitative estimate of drug-likeness (QED) is 0.636. The molecule has 88 valence electrons. The zero-order chi connectivity index (χ0) is 11.5. The van der Waals surface area contributed by atoms with Crippen LogP contribution in [0.25, 0.3) is 0 Å². The van der Waals surface area contributed by atoms with E-state index in [1.165, 1.54) is 0 Å². The Hall–Kier alpha value is -0.610. The van der Waals surface area contributed by atoms with Crippen molar-refractivity contribution in [2.75, 3.05) is 6.54 Å². The fraction of sp³-hybridized carbons (Fsp3) is 0.909. The minimum absolute atomic E-state index is 0.0548. The van der Waals surface area contributed by atoms with E-state index in [0.717, 1.165) is 12.8 Å². The van der Waals surface area contributed by atoms with Gasteiger partial charge in [-0.05, 0) is 39.5 Å². The first-order chi connectivity index (χ1) is 6.97. The van der Waals surface area contributed by atoms with Gasteiger partial charge in [-0.3, -0.25) is 4.79 Å². The topological polar surface area (TPSA) is 75.3 Å². The molecule has 0 spiro atoms. The van der Waals surface area contributed by atoms with Crippen LogP contribution in [0.5, 0.6) is 0 Å². The lowest BCUT2D eigenvalue weighted by molar-refractivity contribution is -0.128. The SMILES string of the molecule is CC(C)NC(=O)C1CCC(O)(CN)CC1. The molecule has 4 heteroatoms. The van der Waals surface area contributed by atoms with Crippen molar-refractivity contribution >= 4 is 5.91 Å². The highest BCUT2D eigenvalue weighted by atomic mass is 16.3. The number of nitrogens with one attached hydrogen (secondary N) is 1. The smallest absolute Gasteiger partial charge is 0.223 e. The van der Waals surface area contributed by atoms with Crippen molar-refractivity contribution in [2.45, 2.75) is 51.2 Å². The van der Waals surface area contributed by atoms with Gasteiger partial charge in [-0.25, -0.2) is 0 Å². The van der Waals surface area contributed by atoms with Crippen LogP contribution in [0.3, 0.4) is 0 Å². The average molecular weight is 214 g/mol. The Morgan fingerprint density at radius 2 is 2.07 bits per heavy atom.